The summed E-state index contributed by atoms with van der Waals surface area (Å²) >= 11 is 0. The lowest BCUT2D eigenvalue weighted by molar-refractivity contribution is -0.241. The van der Waals surface area contributed by atoms with Crippen LogP contribution >= 0.6 is 0 Å². The van der Waals surface area contributed by atoms with Crippen molar-refractivity contribution in [1.82, 2.24) is 4.90 Å². The third kappa shape index (κ3) is 2.90. The van der Waals surface area contributed by atoms with Crippen LogP contribution < -0.4 is 0 Å². The first-order valence-electron chi connectivity index (χ1n) is 7.80. The van der Waals surface area contributed by atoms with Crippen LogP contribution in [0.1, 0.15) is 31.7 Å². The van der Waals surface area contributed by atoms with Crippen LogP contribution in [-0.4, -0.2) is 37.0 Å². The predicted octanol–water partition coefficient (Wildman–Crippen LogP) is 3.05. The molecule has 20 heavy (non-hydrogen) atoms. The first-order valence-corrected chi connectivity index (χ1v) is 7.80. The maximum atomic E-state index is 6.06. The number of rotatable bonds is 3. The summed E-state index contributed by atoms with van der Waals surface area (Å²) in [6, 6.07) is 10.7. The van der Waals surface area contributed by atoms with E-state index in [-0.39, 0.29) is 5.60 Å². The van der Waals surface area contributed by atoms with Gasteiger partial charge in [0.25, 0.3) is 0 Å². The molecule has 3 rings (SSSR count). The van der Waals surface area contributed by atoms with E-state index in [1.165, 1.54) is 5.56 Å². The summed E-state index contributed by atoms with van der Waals surface area (Å²) in [7, 11) is 0. The first kappa shape index (κ1) is 14.1. The first-order chi connectivity index (χ1) is 9.82. The van der Waals surface area contributed by atoms with Gasteiger partial charge in [-0.25, -0.2) is 0 Å². The molecule has 1 aromatic carbocycles. The van der Waals surface area contributed by atoms with Crippen molar-refractivity contribution >= 4 is 0 Å². The Morgan fingerprint density at radius 2 is 1.95 bits per heavy atom. The highest BCUT2D eigenvalue weighted by Crippen LogP contribution is 2.38. The molecule has 0 saturated carbocycles. The molecule has 2 aliphatic rings. The Morgan fingerprint density at radius 3 is 2.65 bits per heavy atom. The van der Waals surface area contributed by atoms with Gasteiger partial charge < -0.3 is 9.47 Å². The fourth-order valence-electron chi connectivity index (χ4n) is 3.59. The van der Waals surface area contributed by atoms with Gasteiger partial charge in [0.05, 0.1) is 12.2 Å². The van der Waals surface area contributed by atoms with Crippen molar-refractivity contribution in [3.8, 4) is 0 Å². The Morgan fingerprint density at radius 1 is 1.20 bits per heavy atom. The van der Waals surface area contributed by atoms with E-state index in [0.717, 1.165) is 45.5 Å². The van der Waals surface area contributed by atoms with E-state index in [0.29, 0.717) is 12.7 Å². The van der Waals surface area contributed by atoms with E-state index in [4.69, 9.17) is 9.47 Å². The van der Waals surface area contributed by atoms with Crippen molar-refractivity contribution in [2.75, 3.05) is 26.5 Å². The molecule has 2 saturated heterocycles. The molecule has 2 aliphatic heterocycles. The largest absolute Gasteiger partial charge is 0.355 e. The van der Waals surface area contributed by atoms with Gasteiger partial charge in [0.15, 0.2) is 0 Å². The van der Waals surface area contributed by atoms with Crippen LogP contribution in [0.2, 0.25) is 0 Å². The van der Waals surface area contributed by atoms with E-state index in [9.17, 15) is 0 Å². The Bertz CT molecular complexity index is 412. The van der Waals surface area contributed by atoms with E-state index >= 15 is 0 Å². The fraction of sp³-hybridized carbons (Fsp3) is 0.647. The van der Waals surface area contributed by atoms with Gasteiger partial charge in [-0.3, -0.25) is 4.90 Å². The minimum atomic E-state index is 0.0835. The Labute approximate surface area is 121 Å². The van der Waals surface area contributed by atoms with E-state index < -0.39 is 0 Å². The van der Waals surface area contributed by atoms with Gasteiger partial charge in [0, 0.05) is 25.6 Å². The Kier molecular flexibility index (Phi) is 4.39. The molecule has 1 atom stereocenters. The second-order valence-corrected chi connectivity index (χ2v) is 6.06. The van der Waals surface area contributed by atoms with Crippen LogP contribution in [0.5, 0.6) is 0 Å². The van der Waals surface area contributed by atoms with Gasteiger partial charge in [-0.1, -0.05) is 37.3 Å². The smallest absolute Gasteiger partial charge is 0.147 e. The second-order valence-electron chi connectivity index (χ2n) is 6.06. The maximum absolute atomic E-state index is 6.06. The zero-order valence-corrected chi connectivity index (χ0v) is 12.4. The molecule has 110 valence electrons. The quantitative estimate of drug-likeness (QED) is 0.846. The third-order valence-corrected chi connectivity index (χ3v) is 4.94. The van der Waals surface area contributed by atoms with Crippen molar-refractivity contribution in [2.45, 2.75) is 38.3 Å². The fourth-order valence-corrected chi connectivity index (χ4v) is 3.59. The number of likely N-dealkylation sites (tertiary alicyclic amines) is 1. The minimum Gasteiger partial charge on any atom is -0.355 e. The minimum absolute atomic E-state index is 0.0835. The molecule has 1 unspecified atom stereocenters. The summed E-state index contributed by atoms with van der Waals surface area (Å²) in [6.07, 6.45) is 3.43. The average molecular weight is 275 g/mol. The van der Waals surface area contributed by atoms with Crippen LogP contribution in [0.25, 0.3) is 0 Å². The van der Waals surface area contributed by atoms with Crippen molar-refractivity contribution in [3.63, 3.8) is 0 Å². The summed E-state index contributed by atoms with van der Waals surface area (Å²) in [6.45, 7) is 6.92. The van der Waals surface area contributed by atoms with Gasteiger partial charge >= 0.3 is 0 Å². The summed E-state index contributed by atoms with van der Waals surface area (Å²) < 4.78 is 11.5. The topological polar surface area (TPSA) is 21.7 Å². The van der Waals surface area contributed by atoms with Crippen LogP contribution in [0.15, 0.2) is 30.3 Å². The molecule has 2 heterocycles. The number of hydrogen-bond donors (Lipinski definition) is 0. The SMILES string of the molecule is CCC1COCOC12CCN(Cc1ccccc1)CC2. The number of nitrogens with zero attached hydrogens (tertiary/aromatic N) is 1. The number of hydrogen-bond acceptors (Lipinski definition) is 3. The molecule has 0 N–H and O–H groups in total. The lowest BCUT2D eigenvalue weighted by atomic mass is 9.77. The van der Waals surface area contributed by atoms with Crippen LogP contribution in [0.4, 0.5) is 0 Å². The standard InChI is InChI=1S/C17H25NO2/c1-2-16-13-19-14-20-17(16)8-10-18(11-9-17)12-15-6-4-3-5-7-15/h3-7,16H,2,8-14H2,1H3. The highest BCUT2D eigenvalue weighted by atomic mass is 16.7. The lowest BCUT2D eigenvalue weighted by Crippen LogP contribution is -2.54. The van der Waals surface area contributed by atoms with Crippen molar-refractivity contribution in [3.05, 3.63) is 35.9 Å². The highest BCUT2D eigenvalue weighted by Gasteiger charge is 2.43. The normalized spacial score (nSPS) is 26.8. The highest BCUT2D eigenvalue weighted by molar-refractivity contribution is 5.14. The zero-order valence-electron chi connectivity index (χ0n) is 12.4. The molecule has 2 fully saturated rings. The molecule has 0 radical (unpaired) electrons. The molecular weight excluding hydrogens is 250 g/mol. The Balaban J connectivity index is 1.58. The lowest BCUT2D eigenvalue weighted by Gasteiger charge is -2.48. The third-order valence-electron chi connectivity index (χ3n) is 4.94. The van der Waals surface area contributed by atoms with Crippen molar-refractivity contribution in [2.24, 2.45) is 5.92 Å². The Hall–Kier alpha value is -0.900. The summed E-state index contributed by atoms with van der Waals surface area (Å²) in [5, 5.41) is 0. The molecule has 1 spiro atoms. The van der Waals surface area contributed by atoms with Crippen LogP contribution in [-0.2, 0) is 16.0 Å². The zero-order chi connectivity index (χ0) is 13.8. The summed E-state index contributed by atoms with van der Waals surface area (Å²) in [5.41, 5.74) is 1.49. The van der Waals surface area contributed by atoms with Crippen molar-refractivity contribution in [1.29, 1.82) is 0 Å². The summed E-state index contributed by atoms with van der Waals surface area (Å²) in [4.78, 5) is 2.55. The van der Waals surface area contributed by atoms with Crippen LogP contribution in [0, 0.1) is 5.92 Å². The average Bonchev–Trinajstić information content (AvgIpc) is 2.51. The molecule has 0 aromatic heterocycles. The monoisotopic (exact) mass is 275 g/mol. The summed E-state index contributed by atoms with van der Waals surface area (Å²) in [5.74, 6) is 0.565. The van der Waals surface area contributed by atoms with E-state index in [1.54, 1.807) is 0 Å². The molecule has 3 heteroatoms. The maximum Gasteiger partial charge on any atom is 0.147 e. The van der Waals surface area contributed by atoms with E-state index in [2.05, 4.69) is 42.2 Å². The van der Waals surface area contributed by atoms with Gasteiger partial charge in [-0.05, 0) is 24.8 Å². The van der Waals surface area contributed by atoms with Gasteiger partial charge in [0.1, 0.15) is 6.79 Å². The molecule has 3 nitrogen and oxygen atoms in total. The molecule has 0 amide bonds. The van der Waals surface area contributed by atoms with E-state index in [1.807, 2.05) is 0 Å². The predicted molar refractivity (Wildman–Crippen MR) is 79.4 cm³/mol. The second kappa shape index (κ2) is 6.25. The van der Waals surface area contributed by atoms with Gasteiger partial charge in [0.2, 0.25) is 0 Å². The van der Waals surface area contributed by atoms with Gasteiger partial charge in [-0.15, -0.1) is 0 Å². The number of piperidine rings is 1. The number of benzene rings is 1. The molecule has 1 aromatic rings. The molecular formula is C17H25NO2. The van der Waals surface area contributed by atoms with Gasteiger partial charge in [-0.2, -0.15) is 0 Å². The van der Waals surface area contributed by atoms with Crippen LogP contribution in [0.3, 0.4) is 0 Å². The number of ether oxygens (including phenoxy) is 2. The van der Waals surface area contributed by atoms with Crippen molar-refractivity contribution < 1.29 is 9.47 Å². The molecule has 0 aliphatic carbocycles. The molecule has 0 bridgehead atoms.